The standard InChI is InChI=1S/C10H11BrN2S2/c1-6-2-14-3-7(6)10(13-12)8-4-15-5-9(8)11/h2-5,10,13H,12H2,1H3. The van der Waals surface area contributed by atoms with E-state index in [-0.39, 0.29) is 6.04 Å². The Hall–Kier alpha value is -0.200. The largest absolute Gasteiger partial charge is 0.271 e. The van der Waals surface area contributed by atoms with E-state index in [1.54, 1.807) is 22.7 Å². The molecule has 0 bridgehead atoms. The molecule has 0 spiro atoms. The highest BCUT2D eigenvalue weighted by molar-refractivity contribution is 9.10. The van der Waals surface area contributed by atoms with Crippen LogP contribution in [0.5, 0.6) is 0 Å². The SMILES string of the molecule is Cc1cscc1C(NN)c1cscc1Br. The molecule has 2 aromatic rings. The summed E-state index contributed by atoms with van der Waals surface area (Å²) >= 11 is 6.92. The Labute approximate surface area is 105 Å². The van der Waals surface area contributed by atoms with Gasteiger partial charge in [0, 0.05) is 9.85 Å². The van der Waals surface area contributed by atoms with Crippen molar-refractivity contribution in [1.82, 2.24) is 5.43 Å². The quantitative estimate of drug-likeness (QED) is 0.673. The van der Waals surface area contributed by atoms with Crippen LogP contribution in [0.2, 0.25) is 0 Å². The molecule has 0 fully saturated rings. The number of thiophene rings is 2. The molecule has 2 nitrogen and oxygen atoms in total. The average Bonchev–Trinajstić information content (AvgIpc) is 2.80. The van der Waals surface area contributed by atoms with Gasteiger partial charge < -0.3 is 0 Å². The second-order valence-electron chi connectivity index (χ2n) is 3.28. The van der Waals surface area contributed by atoms with Gasteiger partial charge in [0.2, 0.25) is 0 Å². The van der Waals surface area contributed by atoms with E-state index in [9.17, 15) is 0 Å². The van der Waals surface area contributed by atoms with Gasteiger partial charge >= 0.3 is 0 Å². The van der Waals surface area contributed by atoms with Gasteiger partial charge in [0.15, 0.2) is 0 Å². The van der Waals surface area contributed by atoms with E-state index in [4.69, 9.17) is 5.84 Å². The van der Waals surface area contributed by atoms with Gasteiger partial charge in [-0.15, -0.1) is 0 Å². The van der Waals surface area contributed by atoms with Crippen molar-refractivity contribution >= 4 is 38.6 Å². The first-order chi connectivity index (χ1) is 7.24. The van der Waals surface area contributed by atoms with Crippen LogP contribution in [0.3, 0.4) is 0 Å². The normalized spacial score (nSPS) is 13.0. The van der Waals surface area contributed by atoms with Crippen molar-refractivity contribution in [2.24, 2.45) is 5.84 Å². The monoisotopic (exact) mass is 302 g/mol. The van der Waals surface area contributed by atoms with Gasteiger partial charge in [0.25, 0.3) is 0 Å². The van der Waals surface area contributed by atoms with Gasteiger partial charge in [-0.05, 0) is 55.7 Å². The van der Waals surface area contributed by atoms with Gasteiger partial charge in [-0.3, -0.25) is 5.84 Å². The first-order valence-corrected chi connectivity index (χ1v) is 7.12. The summed E-state index contributed by atoms with van der Waals surface area (Å²) in [5, 5.41) is 8.47. The van der Waals surface area contributed by atoms with Crippen LogP contribution in [-0.4, -0.2) is 0 Å². The molecule has 2 aromatic heterocycles. The zero-order chi connectivity index (χ0) is 10.8. The molecule has 0 aromatic carbocycles. The van der Waals surface area contributed by atoms with Crippen LogP contribution in [0, 0.1) is 6.92 Å². The van der Waals surface area contributed by atoms with Crippen LogP contribution < -0.4 is 11.3 Å². The molecule has 0 radical (unpaired) electrons. The first kappa shape index (κ1) is 11.3. The number of nitrogens with one attached hydrogen (secondary N) is 1. The molecule has 0 saturated carbocycles. The Kier molecular flexibility index (Phi) is 3.58. The van der Waals surface area contributed by atoms with Gasteiger partial charge in [0.05, 0.1) is 6.04 Å². The zero-order valence-electron chi connectivity index (χ0n) is 8.16. The third-order valence-electron chi connectivity index (χ3n) is 2.33. The lowest BCUT2D eigenvalue weighted by atomic mass is 10.0. The average molecular weight is 303 g/mol. The number of hydrazine groups is 1. The van der Waals surface area contributed by atoms with Crippen LogP contribution >= 0.6 is 38.6 Å². The fourth-order valence-corrected chi connectivity index (χ4v) is 3.94. The summed E-state index contributed by atoms with van der Waals surface area (Å²) in [6, 6.07) is 0.0804. The highest BCUT2D eigenvalue weighted by atomic mass is 79.9. The maximum Gasteiger partial charge on any atom is 0.0739 e. The van der Waals surface area contributed by atoms with Crippen LogP contribution in [0.25, 0.3) is 0 Å². The Morgan fingerprint density at radius 2 is 1.87 bits per heavy atom. The lowest BCUT2D eigenvalue weighted by molar-refractivity contribution is 0.635. The zero-order valence-corrected chi connectivity index (χ0v) is 11.4. The van der Waals surface area contributed by atoms with Gasteiger partial charge in [-0.25, -0.2) is 5.43 Å². The predicted octanol–water partition coefficient (Wildman–Crippen LogP) is 3.43. The number of hydrogen-bond acceptors (Lipinski definition) is 4. The Bertz CT molecular complexity index is 409. The number of halogens is 1. The van der Waals surface area contributed by atoms with Crippen molar-refractivity contribution in [2.45, 2.75) is 13.0 Å². The maximum absolute atomic E-state index is 5.63. The number of hydrogen-bond donors (Lipinski definition) is 2. The third-order valence-corrected chi connectivity index (χ3v) is 4.96. The molecule has 2 rings (SSSR count). The van der Waals surface area contributed by atoms with Crippen LogP contribution in [-0.2, 0) is 0 Å². The van der Waals surface area contributed by atoms with Crippen molar-refractivity contribution in [3.05, 3.63) is 42.7 Å². The lowest BCUT2D eigenvalue weighted by Gasteiger charge is -2.15. The summed E-state index contributed by atoms with van der Waals surface area (Å²) in [6.45, 7) is 2.11. The van der Waals surface area contributed by atoms with Crippen LogP contribution in [0.4, 0.5) is 0 Å². The van der Waals surface area contributed by atoms with Crippen molar-refractivity contribution < 1.29 is 0 Å². The molecule has 5 heteroatoms. The molecular weight excluding hydrogens is 292 g/mol. The van der Waals surface area contributed by atoms with E-state index in [1.165, 1.54) is 16.7 Å². The van der Waals surface area contributed by atoms with Crippen molar-refractivity contribution in [3.8, 4) is 0 Å². The molecule has 0 saturated heterocycles. The minimum absolute atomic E-state index is 0.0804. The van der Waals surface area contributed by atoms with E-state index in [0.717, 1.165) is 4.47 Å². The van der Waals surface area contributed by atoms with Gasteiger partial charge in [-0.1, -0.05) is 0 Å². The molecule has 15 heavy (non-hydrogen) atoms. The van der Waals surface area contributed by atoms with E-state index in [1.807, 2.05) is 0 Å². The summed E-state index contributed by atoms with van der Waals surface area (Å²) in [6.07, 6.45) is 0. The number of rotatable bonds is 3. The highest BCUT2D eigenvalue weighted by Crippen LogP contribution is 2.33. The maximum atomic E-state index is 5.63. The van der Waals surface area contributed by atoms with E-state index >= 15 is 0 Å². The minimum Gasteiger partial charge on any atom is -0.271 e. The highest BCUT2D eigenvalue weighted by Gasteiger charge is 2.18. The number of nitrogens with two attached hydrogens (primary N) is 1. The predicted molar refractivity (Wildman–Crippen MR) is 70.2 cm³/mol. The van der Waals surface area contributed by atoms with Crippen molar-refractivity contribution in [1.29, 1.82) is 0 Å². The summed E-state index contributed by atoms with van der Waals surface area (Å²) in [5.41, 5.74) is 6.60. The van der Waals surface area contributed by atoms with Crippen molar-refractivity contribution in [2.75, 3.05) is 0 Å². The minimum atomic E-state index is 0.0804. The fraction of sp³-hybridized carbons (Fsp3) is 0.200. The molecule has 0 aliphatic rings. The molecule has 0 aliphatic carbocycles. The smallest absolute Gasteiger partial charge is 0.0739 e. The molecule has 0 amide bonds. The summed E-state index contributed by atoms with van der Waals surface area (Å²) in [7, 11) is 0. The first-order valence-electron chi connectivity index (χ1n) is 4.44. The molecule has 1 unspecified atom stereocenters. The number of aryl methyl sites for hydroxylation is 1. The summed E-state index contributed by atoms with van der Waals surface area (Å²) in [4.78, 5) is 0. The fourth-order valence-electron chi connectivity index (χ4n) is 1.51. The molecule has 80 valence electrons. The summed E-state index contributed by atoms with van der Waals surface area (Å²) in [5.74, 6) is 5.63. The van der Waals surface area contributed by atoms with Crippen molar-refractivity contribution in [3.63, 3.8) is 0 Å². The topological polar surface area (TPSA) is 38.0 Å². The second kappa shape index (κ2) is 4.76. The van der Waals surface area contributed by atoms with Gasteiger partial charge in [-0.2, -0.15) is 22.7 Å². The molecule has 3 N–H and O–H groups in total. The van der Waals surface area contributed by atoms with Gasteiger partial charge in [0.1, 0.15) is 0 Å². The van der Waals surface area contributed by atoms with E-state index in [2.05, 4.69) is 49.8 Å². The molecule has 2 heterocycles. The molecular formula is C10H11BrN2S2. The Morgan fingerprint density at radius 3 is 2.33 bits per heavy atom. The molecule has 1 atom stereocenters. The van der Waals surface area contributed by atoms with Crippen LogP contribution in [0.1, 0.15) is 22.7 Å². The van der Waals surface area contributed by atoms with E-state index in [0.29, 0.717) is 0 Å². The Morgan fingerprint density at radius 1 is 1.20 bits per heavy atom. The lowest BCUT2D eigenvalue weighted by Crippen LogP contribution is -2.28. The third kappa shape index (κ3) is 2.16. The van der Waals surface area contributed by atoms with Crippen LogP contribution in [0.15, 0.2) is 26.0 Å². The second-order valence-corrected chi connectivity index (χ2v) is 5.63. The molecule has 0 aliphatic heterocycles. The summed E-state index contributed by atoms with van der Waals surface area (Å²) < 4.78 is 1.11. The van der Waals surface area contributed by atoms with E-state index < -0.39 is 0 Å². The Balaban J connectivity index is 2.41.